The van der Waals surface area contributed by atoms with Crippen molar-refractivity contribution in [2.45, 2.75) is 51.7 Å². The van der Waals surface area contributed by atoms with E-state index in [9.17, 15) is 18.0 Å². The lowest BCUT2D eigenvalue weighted by molar-refractivity contribution is -0.163. The third kappa shape index (κ3) is 5.48. The van der Waals surface area contributed by atoms with Crippen LogP contribution in [-0.2, 0) is 24.2 Å². The molecule has 0 aromatic carbocycles. The van der Waals surface area contributed by atoms with Crippen LogP contribution in [0.4, 0.5) is 0 Å². The molecule has 1 saturated heterocycles. The van der Waals surface area contributed by atoms with Gasteiger partial charge in [-0.3, -0.25) is 4.79 Å². The molecule has 0 unspecified atom stereocenters. The first-order chi connectivity index (χ1) is 8.99. The first-order valence-electron chi connectivity index (χ1n) is 6.70. The van der Waals surface area contributed by atoms with Crippen LogP contribution < -0.4 is 0 Å². The van der Waals surface area contributed by atoms with Crippen molar-refractivity contribution in [2.24, 2.45) is 0 Å². The zero-order chi connectivity index (χ0) is 15.6. The third-order valence-corrected chi connectivity index (χ3v) is 3.88. The molecule has 1 heterocycles. The molecule has 0 aromatic rings. The van der Waals surface area contributed by atoms with Gasteiger partial charge in [-0.25, -0.2) is 13.2 Å². The summed E-state index contributed by atoms with van der Waals surface area (Å²) in [5.74, 6) is -0.907. The predicted octanol–water partition coefficient (Wildman–Crippen LogP) is 0.754. The Balaban J connectivity index is 2.65. The molecule has 20 heavy (non-hydrogen) atoms. The van der Waals surface area contributed by atoms with E-state index in [-0.39, 0.29) is 18.1 Å². The second-order valence-electron chi connectivity index (χ2n) is 6.16. The van der Waals surface area contributed by atoms with E-state index in [4.69, 9.17) is 4.74 Å². The summed E-state index contributed by atoms with van der Waals surface area (Å²) in [4.78, 5) is 25.5. The Bertz CT molecular complexity index is 477. The molecule has 1 fully saturated rings. The fourth-order valence-corrected chi connectivity index (χ4v) is 2.64. The van der Waals surface area contributed by atoms with Gasteiger partial charge in [-0.15, -0.1) is 0 Å². The average Bonchev–Trinajstić information content (AvgIpc) is 2.71. The maximum Gasteiger partial charge on any atom is 0.329 e. The van der Waals surface area contributed by atoms with Crippen molar-refractivity contribution < 1.29 is 22.7 Å². The molecule has 7 heteroatoms. The number of rotatable bonds is 4. The topological polar surface area (TPSA) is 80.8 Å². The molecule has 0 N–H and O–H groups in total. The summed E-state index contributed by atoms with van der Waals surface area (Å²) < 4.78 is 27.5. The van der Waals surface area contributed by atoms with Gasteiger partial charge in [0.2, 0.25) is 5.91 Å². The van der Waals surface area contributed by atoms with E-state index in [0.29, 0.717) is 13.0 Å². The highest BCUT2D eigenvalue weighted by Gasteiger charge is 2.36. The number of carbonyl (C=O) groups is 2. The van der Waals surface area contributed by atoms with Crippen molar-refractivity contribution in [3.05, 3.63) is 0 Å². The van der Waals surface area contributed by atoms with Crippen molar-refractivity contribution in [3.63, 3.8) is 0 Å². The fourth-order valence-electron chi connectivity index (χ4n) is 2.10. The van der Waals surface area contributed by atoms with Crippen LogP contribution in [0.15, 0.2) is 0 Å². The van der Waals surface area contributed by atoms with E-state index in [1.54, 1.807) is 20.8 Å². The van der Waals surface area contributed by atoms with E-state index in [2.05, 4.69) is 0 Å². The zero-order valence-corrected chi connectivity index (χ0v) is 13.3. The van der Waals surface area contributed by atoms with Gasteiger partial charge in [-0.2, -0.15) is 0 Å². The summed E-state index contributed by atoms with van der Waals surface area (Å²) in [7, 11) is -3.18. The largest absolute Gasteiger partial charge is 0.458 e. The lowest BCUT2D eigenvalue weighted by Gasteiger charge is -2.27. The fraction of sp³-hybridized carbons (Fsp3) is 0.846. The van der Waals surface area contributed by atoms with Gasteiger partial charge in [-0.05, 0) is 33.6 Å². The first-order valence-corrected chi connectivity index (χ1v) is 8.76. The van der Waals surface area contributed by atoms with Crippen molar-refractivity contribution in [2.75, 3.05) is 18.6 Å². The molecule has 0 bridgehead atoms. The second-order valence-corrected chi connectivity index (χ2v) is 8.42. The Hall–Kier alpha value is -1.11. The SMILES string of the molecule is CC(C)(C)OC(=O)[C@@H]1CCCN1C(=O)CCS(C)(=O)=O. The van der Waals surface area contributed by atoms with Gasteiger partial charge in [0.05, 0.1) is 5.75 Å². The van der Waals surface area contributed by atoms with Crippen LogP contribution in [0.5, 0.6) is 0 Å². The standard InChI is InChI=1S/C13H23NO5S/c1-13(2,3)19-12(16)10-6-5-8-14(10)11(15)7-9-20(4,17)18/h10H,5-9H2,1-4H3/t10-/m0/s1. The molecule has 0 spiro atoms. The number of amides is 1. The third-order valence-electron chi connectivity index (χ3n) is 2.94. The quantitative estimate of drug-likeness (QED) is 0.716. The van der Waals surface area contributed by atoms with Gasteiger partial charge in [-0.1, -0.05) is 0 Å². The number of ether oxygens (including phenoxy) is 1. The van der Waals surface area contributed by atoms with E-state index in [0.717, 1.165) is 12.7 Å². The van der Waals surface area contributed by atoms with Crippen LogP contribution in [0.3, 0.4) is 0 Å². The molecule has 1 atom stereocenters. The Labute approximate surface area is 120 Å². The number of hydrogen-bond donors (Lipinski definition) is 0. The number of likely N-dealkylation sites (tertiary alicyclic amines) is 1. The highest BCUT2D eigenvalue weighted by Crippen LogP contribution is 2.22. The minimum Gasteiger partial charge on any atom is -0.458 e. The Morgan fingerprint density at radius 1 is 1.30 bits per heavy atom. The van der Waals surface area contributed by atoms with Crippen molar-refractivity contribution in [1.82, 2.24) is 4.90 Å². The van der Waals surface area contributed by atoms with E-state index in [1.807, 2.05) is 0 Å². The van der Waals surface area contributed by atoms with Crippen molar-refractivity contribution in [1.29, 1.82) is 0 Å². The van der Waals surface area contributed by atoms with Crippen LogP contribution in [0.1, 0.15) is 40.0 Å². The molecule has 1 aliphatic rings. The summed E-state index contributed by atoms with van der Waals surface area (Å²) in [6, 6.07) is -0.582. The first kappa shape index (κ1) is 16.9. The molecule has 0 aromatic heterocycles. The Morgan fingerprint density at radius 3 is 2.40 bits per heavy atom. The number of hydrogen-bond acceptors (Lipinski definition) is 5. The van der Waals surface area contributed by atoms with Gasteiger partial charge >= 0.3 is 5.97 Å². The molecule has 1 rings (SSSR count). The lowest BCUT2D eigenvalue weighted by Crippen LogP contribution is -2.43. The van der Waals surface area contributed by atoms with Crippen molar-refractivity contribution in [3.8, 4) is 0 Å². The number of esters is 1. The summed E-state index contributed by atoms with van der Waals surface area (Å²) in [6.07, 6.45) is 2.31. The smallest absolute Gasteiger partial charge is 0.329 e. The second kappa shape index (κ2) is 6.11. The highest BCUT2D eigenvalue weighted by molar-refractivity contribution is 7.90. The van der Waals surface area contributed by atoms with Crippen LogP contribution in [0.2, 0.25) is 0 Å². The molecule has 0 radical (unpaired) electrons. The molecular formula is C13H23NO5S. The van der Waals surface area contributed by atoms with Crippen LogP contribution in [0, 0.1) is 0 Å². The molecule has 6 nitrogen and oxygen atoms in total. The summed E-state index contributed by atoms with van der Waals surface area (Å²) in [5.41, 5.74) is -0.596. The molecule has 1 aliphatic heterocycles. The molecule has 116 valence electrons. The zero-order valence-electron chi connectivity index (χ0n) is 12.5. The van der Waals surface area contributed by atoms with E-state index < -0.39 is 27.4 Å². The molecule has 0 aliphatic carbocycles. The Kier molecular flexibility index (Phi) is 5.18. The van der Waals surface area contributed by atoms with Crippen molar-refractivity contribution >= 4 is 21.7 Å². The highest BCUT2D eigenvalue weighted by atomic mass is 32.2. The normalized spacial score (nSPS) is 20.0. The maximum absolute atomic E-state index is 12.0. The van der Waals surface area contributed by atoms with Gasteiger partial charge in [0.25, 0.3) is 0 Å². The van der Waals surface area contributed by atoms with Gasteiger partial charge in [0, 0.05) is 19.2 Å². The van der Waals surface area contributed by atoms with Gasteiger partial charge in [0.15, 0.2) is 0 Å². The van der Waals surface area contributed by atoms with E-state index >= 15 is 0 Å². The maximum atomic E-state index is 12.0. The molecule has 0 saturated carbocycles. The predicted molar refractivity (Wildman–Crippen MR) is 74.9 cm³/mol. The molecule has 1 amide bonds. The van der Waals surface area contributed by atoms with Crippen LogP contribution >= 0.6 is 0 Å². The number of sulfone groups is 1. The number of nitrogens with zero attached hydrogens (tertiary/aromatic N) is 1. The van der Waals surface area contributed by atoms with Crippen LogP contribution in [0.25, 0.3) is 0 Å². The van der Waals surface area contributed by atoms with Gasteiger partial charge in [0.1, 0.15) is 21.5 Å². The minimum atomic E-state index is -3.18. The molecular weight excluding hydrogens is 282 g/mol. The van der Waals surface area contributed by atoms with Crippen LogP contribution in [-0.4, -0.2) is 55.4 Å². The van der Waals surface area contributed by atoms with E-state index in [1.165, 1.54) is 4.90 Å². The lowest BCUT2D eigenvalue weighted by atomic mass is 10.1. The summed E-state index contributed by atoms with van der Waals surface area (Å²) in [6.45, 7) is 5.80. The average molecular weight is 305 g/mol. The summed E-state index contributed by atoms with van der Waals surface area (Å²) >= 11 is 0. The summed E-state index contributed by atoms with van der Waals surface area (Å²) in [5, 5.41) is 0. The monoisotopic (exact) mass is 305 g/mol. The van der Waals surface area contributed by atoms with Gasteiger partial charge < -0.3 is 9.64 Å². The minimum absolute atomic E-state index is 0.0852. The number of carbonyl (C=O) groups excluding carboxylic acids is 2. The Morgan fingerprint density at radius 2 is 1.90 bits per heavy atom.